The fourth-order valence-corrected chi connectivity index (χ4v) is 2.69. The van der Waals surface area contributed by atoms with Crippen LogP contribution in [0.4, 0.5) is 0 Å². The minimum absolute atomic E-state index is 0.00338. The van der Waals surface area contributed by atoms with Crippen LogP contribution in [0.3, 0.4) is 0 Å². The van der Waals surface area contributed by atoms with Crippen molar-refractivity contribution in [2.75, 3.05) is 26.9 Å². The van der Waals surface area contributed by atoms with Crippen LogP contribution in [0, 0.1) is 11.8 Å². The summed E-state index contributed by atoms with van der Waals surface area (Å²) in [6.45, 7) is 5.63. The molecule has 2 atom stereocenters. The molecule has 1 aliphatic rings. The van der Waals surface area contributed by atoms with Crippen molar-refractivity contribution in [2.45, 2.75) is 45.6 Å². The van der Waals surface area contributed by atoms with Gasteiger partial charge in [0, 0.05) is 13.2 Å². The summed E-state index contributed by atoms with van der Waals surface area (Å²) in [5.74, 6) is 1.25. The molecule has 2 unspecified atom stereocenters. The van der Waals surface area contributed by atoms with Gasteiger partial charge in [0.2, 0.25) is 5.91 Å². The molecule has 0 heterocycles. The first-order valence-corrected chi connectivity index (χ1v) is 7.01. The Balaban J connectivity index is 2.28. The summed E-state index contributed by atoms with van der Waals surface area (Å²) in [4.78, 5) is 11.8. The Morgan fingerprint density at radius 2 is 2.00 bits per heavy atom. The molecule has 0 aromatic rings. The predicted molar refractivity (Wildman–Crippen MR) is 71.4 cm³/mol. The van der Waals surface area contributed by atoms with Crippen LogP contribution in [-0.2, 0) is 14.3 Å². The van der Waals surface area contributed by atoms with Crippen LogP contribution in [0.1, 0.15) is 39.5 Å². The summed E-state index contributed by atoms with van der Waals surface area (Å²) in [6, 6.07) is 0.331. The van der Waals surface area contributed by atoms with Crippen molar-refractivity contribution in [1.82, 2.24) is 5.32 Å². The minimum atomic E-state index is 0.00338. The second-order valence-corrected chi connectivity index (χ2v) is 5.41. The molecular formula is C14H27NO3. The Morgan fingerprint density at radius 3 is 2.67 bits per heavy atom. The zero-order chi connectivity index (χ0) is 13.4. The van der Waals surface area contributed by atoms with E-state index >= 15 is 0 Å². The summed E-state index contributed by atoms with van der Waals surface area (Å²) in [5, 5.41) is 3.12. The van der Waals surface area contributed by atoms with Crippen molar-refractivity contribution in [3.05, 3.63) is 0 Å². The number of hydrogen-bond acceptors (Lipinski definition) is 3. The molecule has 4 heteroatoms. The number of nitrogens with one attached hydrogen (secondary N) is 1. The zero-order valence-corrected chi connectivity index (χ0v) is 11.9. The highest BCUT2D eigenvalue weighted by atomic mass is 16.5. The third-order valence-electron chi connectivity index (χ3n) is 3.69. The lowest BCUT2D eigenvalue weighted by Gasteiger charge is -2.34. The third kappa shape index (κ3) is 5.36. The van der Waals surface area contributed by atoms with Gasteiger partial charge in [0.15, 0.2) is 0 Å². The Bertz CT molecular complexity index is 243. The molecule has 0 aliphatic heterocycles. The van der Waals surface area contributed by atoms with Gasteiger partial charge >= 0.3 is 0 Å². The molecule has 4 nitrogen and oxygen atoms in total. The molecule has 0 aromatic carbocycles. The van der Waals surface area contributed by atoms with E-state index in [2.05, 4.69) is 19.2 Å². The molecule has 1 rings (SSSR count). The van der Waals surface area contributed by atoms with Crippen molar-refractivity contribution in [2.24, 2.45) is 11.8 Å². The lowest BCUT2D eigenvalue weighted by atomic mass is 9.78. The van der Waals surface area contributed by atoms with E-state index in [9.17, 15) is 4.79 Å². The van der Waals surface area contributed by atoms with E-state index in [1.54, 1.807) is 7.11 Å². The third-order valence-corrected chi connectivity index (χ3v) is 3.69. The average molecular weight is 257 g/mol. The number of rotatable bonds is 7. The van der Waals surface area contributed by atoms with Crippen LogP contribution in [-0.4, -0.2) is 38.9 Å². The molecule has 0 radical (unpaired) electrons. The van der Waals surface area contributed by atoms with Gasteiger partial charge in [0.05, 0.1) is 13.2 Å². The molecule has 0 saturated heterocycles. The molecule has 1 saturated carbocycles. The fourth-order valence-electron chi connectivity index (χ4n) is 2.69. The Labute approximate surface area is 110 Å². The molecule has 106 valence electrons. The number of hydrogen-bond donors (Lipinski definition) is 1. The van der Waals surface area contributed by atoms with Gasteiger partial charge in [0.1, 0.15) is 6.61 Å². The number of methoxy groups -OCH3 is 1. The van der Waals surface area contributed by atoms with E-state index < -0.39 is 0 Å². The maximum atomic E-state index is 11.8. The number of amides is 1. The van der Waals surface area contributed by atoms with Crippen LogP contribution >= 0.6 is 0 Å². The molecule has 0 aromatic heterocycles. The fraction of sp³-hybridized carbons (Fsp3) is 0.929. The standard InChI is InChI=1S/C14H27NO3/c1-11(2)12-6-4-5-7-13(12)15-14(16)10-18-9-8-17-3/h11-13H,4-10H2,1-3H3,(H,15,16). The maximum Gasteiger partial charge on any atom is 0.246 e. The predicted octanol–water partition coefficient (Wildman–Crippen LogP) is 1.98. The van der Waals surface area contributed by atoms with E-state index in [0.29, 0.717) is 31.1 Å². The van der Waals surface area contributed by atoms with Crippen LogP contribution in [0.25, 0.3) is 0 Å². The smallest absolute Gasteiger partial charge is 0.246 e. The second-order valence-electron chi connectivity index (χ2n) is 5.41. The Morgan fingerprint density at radius 1 is 1.28 bits per heavy atom. The van der Waals surface area contributed by atoms with Gasteiger partial charge in [-0.1, -0.05) is 26.7 Å². The van der Waals surface area contributed by atoms with Crippen LogP contribution in [0.15, 0.2) is 0 Å². The zero-order valence-electron chi connectivity index (χ0n) is 11.9. The van der Waals surface area contributed by atoms with Crippen LogP contribution < -0.4 is 5.32 Å². The van der Waals surface area contributed by atoms with Gasteiger partial charge in [-0.3, -0.25) is 4.79 Å². The van der Waals surface area contributed by atoms with E-state index in [1.165, 1.54) is 19.3 Å². The summed E-state index contributed by atoms with van der Waals surface area (Å²) in [5.41, 5.74) is 0. The Hall–Kier alpha value is -0.610. The van der Waals surface area contributed by atoms with Gasteiger partial charge < -0.3 is 14.8 Å². The lowest BCUT2D eigenvalue weighted by Crippen LogP contribution is -2.45. The first-order valence-electron chi connectivity index (χ1n) is 7.01. The normalized spacial score (nSPS) is 24.2. The molecule has 1 aliphatic carbocycles. The van der Waals surface area contributed by atoms with E-state index in [1.807, 2.05) is 0 Å². The van der Waals surface area contributed by atoms with Crippen molar-refractivity contribution in [1.29, 1.82) is 0 Å². The summed E-state index contributed by atoms with van der Waals surface area (Å²) >= 11 is 0. The van der Waals surface area contributed by atoms with Crippen LogP contribution in [0.5, 0.6) is 0 Å². The number of carbonyl (C=O) groups is 1. The molecule has 1 amide bonds. The first-order chi connectivity index (χ1) is 8.65. The molecular weight excluding hydrogens is 230 g/mol. The molecule has 18 heavy (non-hydrogen) atoms. The second kappa shape index (κ2) is 8.48. The topological polar surface area (TPSA) is 47.6 Å². The van der Waals surface area contributed by atoms with Crippen molar-refractivity contribution >= 4 is 5.91 Å². The van der Waals surface area contributed by atoms with Gasteiger partial charge in [-0.25, -0.2) is 0 Å². The Kier molecular flexibility index (Phi) is 7.28. The minimum Gasteiger partial charge on any atom is -0.382 e. The summed E-state index contributed by atoms with van der Waals surface area (Å²) < 4.78 is 10.1. The van der Waals surface area contributed by atoms with Crippen molar-refractivity contribution < 1.29 is 14.3 Å². The SMILES string of the molecule is COCCOCC(=O)NC1CCCCC1C(C)C. The number of carbonyl (C=O) groups excluding carboxylic acids is 1. The highest BCUT2D eigenvalue weighted by Crippen LogP contribution is 2.30. The average Bonchev–Trinajstić information content (AvgIpc) is 2.35. The van der Waals surface area contributed by atoms with E-state index in [0.717, 1.165) is 6.42 Å². The maximum absolute atomic E-state index is 11.8. The van der Waals surface area contributed by atoms with Crippen molar-refractivity contribution in [3.63, 3.8) is 0 Å². The summed E-state index contributed by atoms with van der Waals surface area (Å²) in [6.07, 6.45) is 4.85. The lowest BCUT2D eigenvalue weighted by molar-refractivity contribution is -0.127. The molecule has 0 bridgehead atoms. The van der Waals surface area contributed by atoms with Gasteiger partial charge in [-0.15, -0.1) is 0 Å². The van der Waals surface area contributed by atoms with Gasteiger partial charge in [-0.05, 0) is 24.7 Å². The largest absolute Gasteiger partial charge is 0.382 e. The molecule has 0 spiro atoms. The molecule has 1 fully saturated rings. The van der Waals surface area contributed by atoms with E-state index in [4.69, 9.17) is 9.47 Å². The first kappa shape index (κ1) is 15.4. The quantitative estimate of drug-likeness (QED) is 0.709. The highest BCUT2D eigenvalue weighted by molar-refractivity contribution is 5.77. The number of ether oxygens (including phenoxy) is 2. The van der Waals surface area contributed by atoms with Crippen LogP contribution in [0.2, 0.25) is 0 Å². The summed E-state index contributed by atoms with van der Waals surface area (Å²) in [7, 11) is 1.62. The molecule has 1 N–H and O–H groups in total. The monoisotopic (exact) mass is 257 g/mol. The highest BCUT2D eigenvalue weighted by Gasteiger charge is 2.28. The van der Waals surface area contributed by atoms with E-state index in [-0.39, 0.29) is 12.5 Å². The van der Waals surface area contributed by atoms with Gasteiger partial charge in [-0.2, -0.15) is 0 Å². The van der Waals surface area contributed by atoms with Gasteiger partial charge in [0.25, 0.3) is 0 Å². The van der Waals surface area contributed by atoms with Crippen molar-refractivity contribution in [3.8, 4) is 0 Å².